The van der Waals surface area contributed by atoms with Crippen LogP contribution in [0.25, 0.3) is 0 Å². The van der Waals surface area contributed by atoms with E-state index in [1.807, 2.05) is 12.1 Å². The fourth-order valence-corrected chi connectivity index (χ4v) is 1.21. The molecule has 1 aromatic carbocycles. The Balaban J connectivity index is 0.00000169. The van der Waals surface area contributed by atoms with Crippen molar-refractivity contribution in [1.82, 2.24) is 0 Å². The SMILES string of the molecule is C.COc1ccc(C(C)C)cc1OC. The second kappa shape index (κ2) is 5.53. The Bertz CT molecular complexity index is 280. The van der Waals surface area contributed by atoms with Crippen LogP contribution in [0.15, 0.2) is 18.2 Å². The van der Waals surface area contributed by atoms with Crippen molar-refractivity contribution in [3.63, 3.8) is 0 Å². The summed E-state index contributed by atoms with van der Waals surface area (Å²) >= 11 is 0. The monoisotopic (exact) mass is 196 g/mol. The molecule has 0 N–H and O–H groups in total. The summed E-state index contributed by atoms with van der Waals surface area (Å²) in [6.07, 6.45) is 0. The third-order valence-electron chi connectivity index (χ3n) is 2.07. The minimum atomic E-state index is 0. The highest BCUT2D eigenvalue weighted by Gasteiger charge is 2.06. The zero-order chi connectivity index (χ0) is 9.84. The molecule has 2 heteroatoms. The summed E-state index contributed by atoms with van der Waals surface area (Å²) in [6.45, 7) is 4.31. The van der Waals surface area contributed by atoms with E-state index < -0.39 is 0 Å². The molecule has 0 atom stereocenters. The molecule has 0 aromatic heterocycles. The first-order valence-corrected chi connectivity index (χ1v) is 4.41. The minimum Gasteiger partial charge on any atom is -0.493 e. The van der Waals surface area contributed by atoms with Gasteiger partial charge in [-0.05, 0) is 23.6 Å². The van der Waals surface area contributed by atoms with Crippen LogP contribution in [-0.2, 0) is 0 Å². The largest absolute Gasteiger partial charge is 0.493 e. The van der Waals surface area contributed by atoms with Gasteiger partial charge in [-0.2, -0.15) is 0 Å². The van der Waals surface area contributed by atoms with Crippen molar-refractivity contribution in [3.05, 3.63) is 23.8 Å². The molecule has 0 radical (unpaired) electrons. The van der Waals surface area contributed by atoms with Crippen LogP contribution >= 0.6 is 0 Å². The quantitative estimate of drug-likeness (QED) is 0.737. The molecule has 0 bridgehead atoms. The summed E-state index contributed by atoms with van der Waals surface area (Å²) < 4.78 is 10.3. The summed E-state index contributed by atoms with van der Waals surface area (Å²) in [6, 6.07) is 6.02. The van der Waals surface area contributed by atoms with Crippen molar-refractivity contribution in [2.45, 2.75) is 27.2 Å². The lowest BCUT2D eigenvalue weighted by Gasteiger charge is -2.11. The van der Waals surface area contributed by atoms with Crippen molar-refractivity contribution in [3.8, 4) is 11.5 Å². The lowest BCUT2D eigenvalue weighted by Crippen LogP contribution is -1.93. The maximum atomic E-state index is 5.20. The third kappa shape index (κ3) is 2.66. The number of benzene rings is 1. The number of ether oxygens (including phenoxy) is 2. The molecule has 0 saturated heterocycles. The van der Waals surface area contributed by atoms with E-state index in [1.54, 1.807) is 14.2 Å². The van der Waals surface area contributed by atoms with E-state index in [0.29, 0.717) is 5.92 Å². The lowest BCUT2D eigenvalue weighted by molar-refractivity contribution is 0.354. The summed E-state index contributed by atoms with van der Waals surface area (Å²) in [4.78, 5) is 0. The Morgan fingerprint density at radius 3 is 2.00 bits per heavy atom. The van der Waals surface area contributed by atoms with E-state index in [4.69, 9.17) is 9.47 Å². The van der Waals surface area contributed by atoms with Gasteiger partial charge in [-0.1, -0.05) is 27.3 Å². The molecule has 0 aliphatic rings. The van der Waals surface area contributed by atoms with Crippen LogP contribution in [0.2, 0.25) is 0 Å². The zero-order valence-corrected chi connectivity index (χ0v) is 8.63. The second-order valence-electron chi connectivity index (χ2n) is 3.27. The second-order valence-corrected chi connectivity index (χ2v) is 3.27. The summed E-state index contributed by atoms with van der Waals surface area (Å²) in [5.74, 6) is 2.10. The summed E-state index contributed by atoms with van der Waals surface area (Å²) in [5, 5.41) is 0. The lowest BCUT2D eigenvalue weighted by atomic mass is 10.0. The van der Waals surface area contributed by atoms with Crippen molar-refractivity contribution >= 4 is 0 Å². The average molecular weight is 196 g/mol. The Morgan fingerprint density at radius 1 is 1.00 bits per heavy atom. The predicted molar refractivity (Wildman–Crippen MR) is 60.4 cm³/mol. The minimum absolute atomic E-state index is 0. The van der Waals surface area contributed by atoms with Crippen LogP contribution in [0.3, 0.4) is 0 Å². The van der Waals surface area contributed by atoms with E-state index in [-0.39, 0.29) is 7.43 Å². The molecular weight excluding hydrogens is 176 g/mol. The van der Waals surface area contributed by atoms with Crippen molar-refractivity contribution in [2.75, 3.05) is 14.2 Å². The van der Waals surface area contributed by atoms with Gasteiger partial charge >= 0.3 is 0 Å². The molecule has 0 saturated carbocycles. The number of rotatable bonds is 3. The van der Waals surface area contributed by atoms with Crippen molar-refractivity contribution in [2.24, 2.45) is 0 Å². The Morgan fingerprint density at radius 2 is 1.57 bits per heavy atom. The van der Waals surface area contributed by atoms with Crippen LogP contribution in [0.5, 0.6) is 11.5 Å². The van der Waals surface area contributed by atoms with Crippen LogP contribution in [-0.4, -0.2) is 14.2 Å². The standard InChI is InChI=1S/C11H16O2.CH4/c1-8(2)9-5-6-10(12-3)11(7-9)13-4;/h5-8H,1-4H3;1H4. The van der Waals surface area contributed by atoms with E-state index in [1.165, 1.54) is 5.56 Å². The number of hydrogen-bond donors (Lipinski definition) is 0. The molecule has 1 rings (SSSR count). The van der Waals surface area contributed by atoms with Gasteiger partial charge in [0.1, 0.15) is 0 Å². The van der Waals surface area contributed by atoms with Gasteiger partial charge in [0, 0.05) is 0 Å². The van der Waals surface area contributed by atoms with Gasteiger partial charge in [-0.3, -0.25) is 0 Å². The molecule has 14 heavy (non-hydrogen) atoms. The first kappa shape index (κ1) is 12.8. The molecule has 2 nitrogen and oxygen atoms in total. The highest BCUT2D eigenvalue weighted by Crippen LogP contribution is 2.30. The topological polar surface area (TPSA) is 18.5 Å². The van der Waals surface area contributed by atoms with Gasteiger partial charge in [0.05, 0.1) is 14.2 Å². The predicted octanol–water partition coefficient (Wildman–Crippen LogP) is 3.46. The van der Waals surface area contributed by atoms with Gasteiger partial charge in [-0.25, -0.2) is 0 Å². The van der Waals surface area contributed by atoms with E-state index in [0.717, 1.165) is 11.5 Å². The highest BCUT2D eigenvalue weighted by molar-refractivity contribution is 5.43. The van der Waals surface area contributed by atoms with E-state index in [9.17, 15) is 0 Å². The molecule has 0 heterocycles. The van der Waals surface area contributed by atoms with E-state index in [2.05, 4.69) is 19.9 Å². The van der Waals surface area contributed by atoms with Crippen LogP contribution in [0, 0.1) is 0 Å². The Hall–Kier alpha value is -1.18. The molecule has 0 amide bonds. The molecule has 0 fully saturated rings. The average Bonchev–Trinajstić information content (AvgIpc) is 2.16. The molecule has 0 unspecified atom stereocenters. The fraction of sp³-hybridized carbons (Fsp3) is 0.500. The van der Waals surface area contributed by atoms with Crippen LogP contribution in [0.4, 0.5) is 0 Å². The Kier molecular flexibility index (Phi) is 5.06. The van der Waals surface area contributed by atoms with Gasteiger partial charge in [-0.15, -0.1) is 0 Å². The molecule has 80 valence electrons. The number of hydrogen-bond acceptors (Lipinski definition) is 2. The van der Waals surface area contributed by atoms with Gasteiger partial charge in [0.25, 0.3) is 0 Å². The maximum Gasteiger partial charge on any atom is 0.160 e. The molecule has 0 spiro atoms. The smallest absolute Gasteiger partial charge is 0.160 e. The number of methoxy groups -OCH3 is 2. The maximum absolute atomic E-state index is 5.20. The first-order chi connectivity index (χ1) is 6.19. The summed E-state index contributed by atoms with van der Waals surface area (Å²) in [7, 11) is 3.30. The zero-order valence-electron chi connectivity index (χ0n) is 8.63. The third-order valence-corrected chi connectivity index (χ3v) is 2.07. The van der Waals surface area contributed by atoms with Crippen LogP contribution < -0.4 is 9.47 Å². The fourth-order valence-electron chi connectivity index (χ4n) is 1.21. The van der Waals surface area contributed by atoms with Gasteiger partial charge in [0.2, 0.25) is 0 Å². The summed E-state index contributed by atoms with van der Waals surface area (Å²) in [5.41, 5.74) is 1.26. The van der Waals surface area contributed by atoms with E-state index >= 15 is 0 Å². The molecular formula is C12H20O2. The van der Waals surface area contributed by atoms with Gasteiger partial charge < -0.3 is 9.47 Å². The van der Waals surface area contributed by atoms with Gasteiger partial charge in [0.15, 0.2) is 11.5 Å². The van der Waals surface area contributed by atoms with Crippen molar-refractivity contribution in [1.29, 1.82) is 0 Å². The highest BCUT2D eigenvalue weighted by atomic mass is 16.5. The van der Waals surface area contributed by atoms with Crippen molar-refractivity contribution < 1.29 is 9.47 Å². The van der Waals surface area contributed by atoms with Crippen LogP contribution in [0.1, 0.15) is 32.8 Å². The molecule has 0 aliphatic heterocycles. The normalized spacial score (nSPS) is 9.50. The first-order valence-electron chi connectivity index (χ1n) is 4.41. The Labute approximate surface area is 86.9 Å². The molecule has 1 aromatic rings. The molecule has 0 aliphatic carbocycles.